The quantitative estimate of drug-likeness (QED) is 0.775. The van der Waals surface area contributed by atoms with Crippen molar-refractivity contribution in [1.82, 2.24) is 5.32 Å². The molecule has 3 rings (SSSR count). The van der Waals surface area contributed by atoms with Crippen LogP contribution in [-0.4, -0.2) is 49.3 Å². The van der Waals surface area contributed by atoms with E-state index in [0.29, 0.717) is 19.7 Å². The Morgan fingerprint density at radius 3 is 2.83 bits per heavy atom. The molecular weight excluding hydrogens is 294 g/mol. The van der Waals surface area contributed by atoms with Crippen LogP contribution in [0.2, 0.25) is 0 Å². The zero-order valence-corrected chi connectivity index (χ0v) is 13.2. The van der Waals surface area contributed by atoms with Crippen LogP contribution in [0.1, 0.15) is 5.56 Å². The predicted octanol–water partition coefficient (Wildman–Crippen LogP) is 1.31. The van der Waals surface area contributed by atoms with Crippen LogP contribution in [0.25, 0.3) is 10.8 Å². The number of fused-ring (bicyclic) bond motifs is 1. The zero-order chi connectivity index (χ0) is 16.2. The summed E-state index contributed by atoms with van der Waals surface area (Å²) in [7, 11) is 1.67. The van der Waals surface area contributed by atoms with Crippen molar-refractivity contribution in [2.45, 2.75) is 18.8 Å². The van der Waals surface area contributed by atoms with Gasteiger partial charge in [0.15, 0.2) is 0 Å². The molecule has 1 fully saturated rings. The third kappa shape index (κ3) is 3.48. The average Bonchev–Trinajstić information content (AvgIpc) is 2.58. The second kappa shape index (κ2) is 7.27. The van der Waals surface area contributed by atoms with Gasteiger partial charge in [0.05, 0.1) is 26.4 Å². The second-order valence-electron chi connectivity index (χ2n) is 5.95. The van der Waals surface area contributed by atoms with Crippen molar-refractivity contribution in [1.29, 1.82) is 0 Å². The minimum atomic E-state index is -0.803. The van der Waals surface area contributed by atoms with Gasteiger partial charge in [0.25, 0.3) is 0 Å². The van der Waals surface area contributed by atoms with Crippen LogP contribution in [0.4, 0.5) is 0 Å². The fraction of sp³-hybridized carbons (Fsp3) is 0.444. The van der Waals surface area contributed by atoms with Gasteiger partial charge in [-0.15, -0.1) is 0 Å². The maximum absolute atomic E-state index is 10.0. The molecule has 2 aromatic rings. The number of ether oxygens (including phenoxy) is 2. The lowest BCUT2D eigenvalue weighted by Crippen LogP contribution is -2.47. The standard InChI is InChI=1S/C18H23NO4/c1-22-17-7-6-12-4-2-3-5-14(12)15(17)9-19-8-13-10-23-11-16(20)18(13)21/h2-7,13,16,18-21H,8-11H2,1H3/t13-,16-,18+/m1/s1. The number of hydrogen-bond acceptors (Lipinski definition) is 5. The predicted molar refractivity (Wildman–Crippen MR) is 88.5 cm³/mol. The Balaban J connectivity index is 1.71. The molecule has 0 spiro atoms. The summed E-state index contributed by atoms with van der Waals surface area (Å²) in [5.41, 5.74) is 1.09. The van der Waals surface area contributed by atoms with E-state index >= 15 is 0 Å². The summed E-state index contributed by atoms with van der Waals surface area (Å²) in [5, 5.41) is 25.4. The molecular formula is C18H23NO4. The lowest BCUT2D eigenvalue weighted by Gasteiger charge is -2.32. The number of rotatable bonds is 5. The third-order valence-electron chi connectivity index (χ3n) is 4.42. The number of methoxy groups -OCH3 is 1. The van der Waals surface area contributed by atoms with Gasteiger partial charge in [-0.05, 0) is 16.8 Å². The molecule has 0 unspecified atom stereocenters. The summed E-state index contributed by atoms with van der Waals surface area (Å²) in [6, 6.07) is 12.2. The van der Waals surface area contributed by atoms with Gasteiger partial charge in [-0.2, -0.15) is 0 Å². The van der Waals surface area contributed by atoms with Gasteiger partial charge in [0.1, 0.15) is 11.9 Å². The highest BCUT2D eigenvalue weighted by Crippen LogP contribution is 2.28. The maximum atomic E-state index is 10.0. The first-order valence-corrected chi connectivity index (χ1v) is 7.90. The molecule has 124 valence electrons. The smallest absolute Gasteiger partial charge is 0.123 e. The minimum Gasteiger partial charge on any atom is -0.496 e. The van der Waals surface area contributed by atoms with Crippen LogP contribution in [-0.2, 0) is 11.3 Å². The molecule has 5 nitrogen and oxygen atoms in total. The van der Waals surface area contributed by atoms with E-state index in [1.54, 1.807) is 7.11 Å². The van der Waals surface area contributed by atoms with Crippen molar-refractivity contribution in [3.8, 4) is 5.75 Å². The highest BCUT2D eigenvalue weighted by atomic mass is 16.5. The van der Waals surface area contributed by atoms with E-state index in [1.165, 1.54) is 5.39 Å². The Morgan fingerprint density at radius 2 is 2.00 bits per heavy atom. The van der Waals surface area contributed by atoms with Gasteiger partial charge in [-0.1, -0.05) is 30.3 Å². The van der Waals surface area contributed by atoms with Crippen LogP contribution >= 0.6 is 0 Å². The zero-order valence-electron chi connectivity index (χ0n) is 13.2. The van der Waals surface area contributed by atoms with E-state index in [2.05, 4.69) is 17.4 Å². The van der Waals surface area contributed by atoms with Crippen molar-refractivity contribution in [2.24, 2.45) is 5.92 Å². The highest BCUT2D eigenvalue weighted by molar-refractivity contribution is 5.87. The highest BCUT2D eigenvalue weighted by Gasteiger charge is 2.30. The Kier molecular flexibility index (Phi) is 5.13. The first kappa shape index (κ1) is 16.2. The molecule has 1 aliphatic heterocycles. The lowest BCUT2D eigenvalue weighted by atomic mass is 9.96. The Morgan fingerprint density at radius 1 is 1.17 bits per heavy atom. The fourth-order valence-electron chi connectivity index (χ4n) is 3.10. The molecule has 5 heteroatoms. The number of benzene rings is 2. The topological polar surface area (TPSA) is 71.0 Å². The van der Waals surface area contributed by atoms with Crippen LogP contribution in [0.3, 0.4) is 0 Å². The van der Waals surface area contributed by atoms with Crippen LogP contribution in [0, 0.1) is 5.92 Å². The summed E-state index contributed by atoms with van der Waals surface area (Å²) in [4.78, 5) is 0. The molecule has 0 bridgehead atoms. The van der Waals surface area contributed by atoms with E-state index in [4.69, 9.17) is 9.47 Å². The molecule has 3 atom stereocenters. The normalized spacial score (nSPS) is 24.7. The first-order valence-electron chi connectivity index (χ1n) is 7.90. The van der Waals surface area contributed by atoms with Gasteiger partial charge in [0, 0.05) is 24.6 Å². The summed E-state index contributed by atoms with van der Waals surface area (Å²) in [6.07, 6.45) is -1.55. The van der Waals surface area contributed by atoms with Gasteiger partial charge in [-0.3, -0.25) is 0 Å². The molecule has 0 amide bonds. The van der Waals surface area contributed by atoms with Crippen molar-refractivity contribution < 1.29 is 19.7 Å². The van der Waals surface area contributed by atoms with Gasteiger partial charge >= 0.3 is 0 Å². The molecule has 0 aliphatic carbocycles. The number of nitrogens with one attached hydrogen (secondary N) is 1. The fourth-order valence-corrected chi connectivity index (χ4v) is 3.10. The number of hydrogen-bond donors (Lipinski definition) is 3. The Hall–Kier alpha value is -1.66. The summed E-state index contributed by atoms with van der Waals surface area (Å²) in [6.45, 7) is 1.86. The molecule has 0 saturated carbocycles. The van der Waals surface area contributed by atoms with E-state index in [0.717, 1.165) is 16.7 Å². The van der Waals surface area contributed by atoms with E-state index in [-0.39, 0.29) is 12.5 Å². The van der Waals surface area contributed by atoms with Crippen LogP contribution < -0.4 is 10.1 Å². The van der Waals surface area contributed by atoms with Crippen molar-refractivity contribution in [3.05, 3.63) is 42.0 Å². The monoisotopic (exact) mass is 317 g/mol. The van der Waals surface area contributed by atoms with Crippen molar-refractivity contribution in [2.75, 3.05) is 26.9 Å². The van der Waals surface area contributed by atoms with Crippen molar-refractivity contribution >= 4 is 10.8 Å². The molecule has 0 aromatic heterocycles. The summed E-state index contributed by atoms with van der Waals surface area (Å²) in [5.74, 6) is 0.733. The van der Waals surface area contributed by atoms with E-state index in [1.807, 2.05) is 24.3 Å². The van der Waals surface area contributed by atoms with E-state index in [9.17, 15) is 10.2 Å². The summed E-state index contributed by atoms with van der Waals surface area (Å²) < 4.78 is 10.8. The van der Waals surface area contributed by atoms with Crippen molar-refractivity contribution in [3.63, 3.8) is 0 Å². The maximum Gasteiger partial charge on any atom is 0.123 e. The van der Waals surface area contributed by atoms with Gasteiger partial charge < -0.3 is 25.0 Å². The van der Waals surface area contributed by atoms with Crippen LogP contribution in [0.15, 0.2) is 36.4 Å². The number of aliphatic hydroxyl groups excluding tert-OH is 2. The largest absolute Gasteiger partial charge is 0.496 e. The van der Waals surface area contributed by atoms with E-state index < -0.39 is 12.2 Å². The molecule has 2 aromatic carbocycles. The third-order valence-corrected chi connectivity index (χ3v) is 4.42. The summed E-state index contributed by atoms with van der Waals surface area (Å²) >= 11 is 0. The molecule has 1 heterocycles. The molecule has 23 heavy (non-hydrogen) atoms. The molecule has 1 saturated heterocycles. The molecule has 1 aliphatic rings. The Labute approximate surface area is 135 Å². The first-order chi connectivity index (χ1) is 11.2. The second-order valence-corrected chi connectivity index (χ2v) is 5.95. The lowest BCUT2D eigenvalue weighted by molar-refractivity contribution is -0.119. The average molecular weight is 317 g/mol. The van der Waals surface area contributed by atoms with Gasteiger partial charge in [-0.25, -0.2) is 0 Å². The van der Waals surface area contributed by atoms with Crippen LogP contribution in [0.5, 0.6) is 5.75 Å². The number of aliphatic hydroxyl groups is 2. The van der Waals surface area contributed by atoms with Gasteiger partial charge in [0.2, 0.25) is 0 Å². The SMILES string of the molecule is COc1ccc2ccccc2c1CNC[C@@H]1COC[C@@H](O)[C@H]1O. The molecule has 0 radical (unpaired) electrons. The Bertz CT molecular complexity index is 661. The molecule has 3 N–H and O–H groups in total. The minimum absolute atomic E-state index is 0.111.